The van der Waals surface area contributed by atoms with Gasteiger partial charge in [-0.25, -0.2) is 0 Å². The molecule has 4 rings (SSSR count). The van der Waals surface area contributed by atoms with Crippen LogP contribution in [0.2, 0.25) is 0 Å². The van der Waals surface area contributed by atoms with Gasteiger partial charge in [-0.1, -0.05) is 36.4 Å². The van der Waals surface area contributed by atoms with Crippen molar-refractivity contribution >= 4 is 5.91 Å². The lowest BCUT2D eigenvalue weighted by Crippen LogP contribution is -2.34. The number of fused-ring (bicyclic) bond motifs is 1. The highest BCUT2D eigenvalue weighted by Gasteiger charge is 2.48. The van der Waals surface area contributed by atoms with Crippen LogP contribution < -0.4 is 9.47 Å². The maximum atomic E-state index is 12.4. The summed E-state index contributed by atoms with van der Waals surface area (Å²) in [6.45, 7) is 7.49. The molecule has 0 aromatic heterocycles. The molecule has 0 bridgehead atoms. The van der Waals surface area contributed by atoms with Gasteiger partial charge in [-0.15, -0.1) is 0 Å². The van der Waals surface area contributed by atoms with Crippen LogP contribution in [0, 0.1) is 18.8 Å². The molecule has 0 spiro atoms. The van der Waals surface area contributed by atoms with Gasteiger partial charge in [-0.2, -0.15) is 0 Å². The fourth-order valence-electron chi connectivity index (χ4n) is 5.23. The second-order valence-electron chi connectivity index (χ2n) is 8.24. The Hall–Kier alpha value is -2.53. The number of hydrogen-bond donors (Lipinski definition) is 0. The van der Waals surface area contributed by atoms with Gasteiger partial charge in [-0.05, 0) is 30.0 Å². The van der Waals surface area contributed by atoms with Crippen LogP contribution in [-0.2, 0) is 11.3 Å². The van der Waals surface area contributed by atoms with Crippen molar-refractivity contribution in [1.29, 1.82) is 0 Å². The van der Waals surface area contributed by atoms with Crippen molar-refractivity contribution in [3.05, 3.63) is 59.2 Å². The summed E-state index contributed by atoms with van der Waals surface area (Å²) < 4.78 is 11.1. The van der Waals surface area contributed by atoms with Crippen LogP contribution in [0.15, 0.2) is 42.5 Å². The fourth-order valence-corrected chi connectivity index (χ4v) is 5.23. The van der Waals surface area contributed by atoms with Gasteiger partial charge in [0.25, 0.3) is 0 Å². The van der Waals surface area contributed by atoms with E-state index in [2.05, 4.69) is 47.1 Å². The van der Waals surface area contributed by atoms with Gasteiger partial charge < -0.3 is 14.4 Å². The highest BCUT2D eigenvalue weighted by molar-refractivity contribution is 5.74. The molecule has 154 valence electrons. The minimum atomic E-state index is 0.163. The number of carbonyl (C=O) groups excluding carboxylic acids is 1. The number of benzene rings is 2. The van der Waals surface area contributed by atoms with Gasteiger partial charge in [0.15, 0.2) is 11.5 Å². The van der Waals surface area contributed by atoms with Crippen molar-refractivity contribution in [3.63, 3.8) is 0 Å². The number of aryl methyl sites for hydroxylation is 1. The number of amides is 1. The van der Waals surface area contributed by atoms with E-state index >= 15 is 0 Å². The Morgan fingerprint density at radius 1 is 1.03 bits per heavy atom. The molecule has 0 radical (unpaired) electrons. The summed E-state index contributed by atoms with van der Waals surface area (Å²) in [5.41, 5.74) is 3.69. The average Bonchev–Trinajstić information content (AvgIpc) is 3.25. The summed E-state index contributed by atoms with van der Waals surface area (Å²) in [6, 6.07) is 14.7. The van der Waals surface area contributed by atoms with Crippen LogP contribution in [0.25, 0.3) is 0 Å². The van der Waals surface area contributed by atoms with Crippen molar-refractivity contribution in [1.82, 2.24) is 9.80 Å². The molecule has 1 amide bonds. The molecule has 2 saturated heterocycles. The van der Waals surface area contributed by atoms with Crippen LogP contribution in [0.1, 0.15) is 29.7 Å². The van der Waals surface area contributed by atoms with Crippen molar-refractivity contribution < 1.29 is 14.3 Å². The van der Waals surface area contributed by atoms with Crippen molar-refractivity contribution in [2.75, 3.05) is 33.9 Å². The minimum absolute atomic E-state index is 0.163. The SMILES string of the molecule is COc1cccc(CN2C[C@@H]3CN(C(C)=O)[C@@H](c4ccccc4C)[C@@H]3C2)c1OC. The van der Waals surface area contributed by atoms with E-state index < -0.39 is 0 Å². The van der Waals surface area contributed by atoms with E-state index in [1.807, 2.05) is 12.1 Å². The third-order valence-corrected chi connectivity index (χ3v) is 6.53. The first-order valence-corrected chi connectivity index (χ1v) is 10.3. The Kier molecular flexibility index (Phi) is 5.50. The Balaban J connectivity index is 1.57. The first kappa shape index (κ1) is 19.8. The van der Waals surface area contributed by atoms with E-state index in [9.17, 15) is 4.79 Å². The molecule has 2 aliphatic heterocycles. The van der Waals surface area contributed by atoms with E-state index in [1.165, 1.54) is 11.1 Å². The third-order valence-electron chi connectivity index (χ3n) is 6.53. The molecule has 29 heavy (non-hydrogen) atoms. The van der Waals surface area contributed by atoms with Crippen molar-refractivity contribution in [3.8, 4) is 11.5 Å². The summed E-state index contributed by atoms with van der Waals surface area (Å²) in [4.78, 5) is 17.0. The molecular formula is C24H30N2O3. The molecule has 0 N–H and O–H groups in total. The Morgan fingerprint density at radius 2 is 1.83 bits per heavy atom. The van der Waals surface area contributed by atoms with Crippen molar-refractivity contribution in [2.24, 2.45) is 11.8 Å². The number of carbonyl (C=O) groups is 1. The Bertz CT molecular complexity index is 897. The predicted octanol–water partition coefficient (Wildman–Crippen LogP) is 3.66. The molecule has 5 heteroatoms. The van der Waals surface area contributed by atoms with E-state index in [-0.39, 0.29) is 11.9 Å². The second-order valence-corrected chi connectivity index (χ2v) is 8.24. The number of para-hydroxylation sites is 1. The molecule has 2 heterocycles. The quantitative estimate of drug-likeness (QED) is 0.776. The zero-order chi connectivity index (χ0) is 20.5. The number of hydrogen-bond acceptors (Lipinski definition) is 4. The maximum Gasteiger partial charge on any atom is 0.219 e. The second kappa shape index (κ2) is 8.07. The molecular weight excluding hydrogens is 364 g/mol. The fraction of sp³-hybridized carbons (Fsp3) is 0.458. The molecule has 3 atom stereocenters. The van der Waals surface area contributed by atoms with Crippen LogP contribution in [-0.4, -0.2) is 49.6 Å². The number of likely N-dealkylation sites (tertiary alicyclic amines) is 2. The van der Waals surface area contributed by atoms with Gasteiger partial charge >= 0.3 is 0 Å². The van der Waals surface area contributed by atoms with Gasteiger partial charge in [0.05, 0.1) is 20.3 Å². The average molecular weight is 395 g/mol. The zero-order valence-corrected chi connectivity index (χ0v) is 17.7. The molecule has 0 saturated carbocycles. The van der Waals surface area contributed by atoms with E-state index in [0.29, 0.717) is 11.8 Å². The minimum Gasteiger partial charge on any atom is -0.493 e. The van der Waals surface area contributed by atoms with Gasteiger partial charge in [0.1, 0.15) is 0 Å². The van der Waals surface area contributed by atoms with Gasteiger partial charge in [0.2, 0.25) is 5.91 Å². The normalized spacial score (nSPS) is 23.9. The summed E-state index contributed by atoms with van der Waals surface area (Å²) in [5.74, 6) is 2.71. The van der Waals surface area contributed by atoms with Gasteiger partial charge in [-0.3, -0.25) is 9.69 Å². The van der Waals surface area contributed by atoms with E-state index in [4.69, 9.17) is 9.47 Å². The third kappa shape index (κ3) is 3.60. The molecule has 2 aliphatic rings. The summed E-state index contributed by atoms with van der Waals surface area (Å²) in [6.07, 6.45) is 0. The lowest BCUT2D eigenvalue weighted by atomic mass is 9.87. The predicted molar refractivity (Wildman–Crippen MR) is 113 cm³/mol. The first-order valence-electron chi connectivity index (χ1n) is 10.3. The highest BCUT2D eigenvalue weighted by atomic mass is 16.5. The number of nitrogens with zero attached hydrogens (tertiary/aromatic N) is 2. The highest BCUT2D eigenvalue weighted by Crippen LogP contribution is 2.46. The molecule has 2 fully saturated rings. The van der Waals surface area contributed by atoms with E-state index in [0.717, 1.165) is 43.2 Å². The van der Waals surface area contributed by atoms with Gasteiger partial charge in [0, 0.05) is 44.6 Å². The molecule has 2 aromatic carbocycles. The van der Waals surface area contributed by atoms with Crippen LogP contribution in [0.3, 0.4) is 0 Å². The lowest BCUT2D eigenvalue weighted by Gasteiger charge is -2.30. The van der Waals surface area contributed by atoms with Crippen LogP contribution in [0.4, 0.5) is 0 Å². The maximum absolute atomic E-state index is 12.4. The molecule has 2 aromatic rings. The number of rotatable bonds is 5. The molecule has 5 nitrogen and oxygen atoms in total. The zero-order valence-electron chi connectivity index (χ0n) is 17.7. The van der Waals surface area contributed by atoms with Crippen LogP contribution >= 0.6 is 0 Å². The smallest absolute Gasteiger partial charge is 0.219 e. The number of ether oxygens (including phenoxy) is 2. The van der Waals surface area contributed by atoms with Crippen LogP contribution in [0.5, 0.6) is 11.5 Å². The Morgan fingerprint density at radius 3 is 2.52 bits per heavy atom. The summed E-state index contributed by atoms with van der Waals surface area (Å²) >= 11 is 0. The summed E-state index contributed by atoms with van der Waals surface area (Å²) in [7, 11) is 3.37. The van der Waals surface area contributed by atoms with E-state index in [1.54, 1.807) is 21.1 Å². The Labute approximate surface area is 173 Å². The topological polar surface area (TPSA) is 42.0 Å². The largest absolute Gasteiger partial charge is 0.493 e. The summed E-state index contributed by atoms with van der Waals surface area (Å²) in [5, 5.41) is 0. The lowest BCUT2D eigenvalue weighted by molar-refractivity contribution is -0.130. The first-order chi connectivity index (χ1) is 14.0. The standard InChI is InChI=1S/C24H30N2O3/c1-16-8-5-6-10-20(16)23-21-15-25(13-19(21)14-26(23)17(2)27)12-18-9-7-11-22(28-3)24(18)29-4/h5-11,19,21,23H,12-15H2,1-4H3/t19-,21-,23+/m1/s1. The molecule has 0 unspecified atom stereocenters. The monoisotopic (exact) mass is 394 g/mol. The number of methoxy groups -OCH3 is 2. The van der Waals surface area contributed by atoms with Crippen molar-refractivity contribution in [2.45, 2.75) is 26.4 Å². The molecule has 0 aliphatic carbocycles.